The number of nitrogens with one attached hydrogen (secondary N) is 3. The van der Waals surface area contributed by atoms with Gasteiger partial charge in [0.25, 0.3) is 5.91 Å². The van der Waals surface area contributed by atoms with Crippen molar-refractivity contribution in [2.75, 3.05) is 25.4 Å². The van der Waals surface area contributed by atoms with Gasteiger partial charge in [0.05, 0.1) is 11.8 Å². The van der Waals surface area contributed by atoms with Crippen LogP contribution in [0.5, 0.6) is 0 Å². The molecule has 2 heterocycles. The van der Waals surface area contributed by atoms with Gasteiger partial charge in [0.2, 0.25) is 27.6 Å². The molecule has 1 unspecified atom stereocenters. The Hall–Kier alpha value is -2.74. The van der Waals surface area contributed by atoms with Crippen LogP contribution < -0.4 is 21.7 Å². The normalized spacial score (nSPS) is 28.6. The SMILES string of the molecule is CC(C)(C)[C@H](NC(=O)N[C@H](CN1CCCS1(=O)=O)C(C)(C)C)C(=O)N1C[C@]2(C[C@H]1C(=O)NC(CC1CCC1)C(=O)C(N)=O)C(C)(C)C21CCC1. The van der Waals surface area contributed by atoms with Crippen molar-refractivity contribution in [1.29, 1.82) is 0 Å². The predicted molar refractivity (Wildman–Crippen MR) is 189 cm³/mol. The Morgan fingerprint density at radius 2 is 1.52 bits per heavy atom. The van der Waals surface area contributed by atoms with E-state index in [9.17, 15) is 32.4 Å². The number of urea groups is 1. The first kappa shape index (κ1) is 38.5. The number of ketones is 1. The van der Waals surface area contributed by atoms with Gasteiger partial charge in [0.1, 0.15) is 12.1 Å². The van der Waals surface area contributed by atoms with Gasteiger partial charge in [-0.15, -0.1) is 0 Å². The quantitative estimate of drug-likeness (QED) is 0.236. The summed E-state index contributed by atoms with van der Waals surface area (Å²) < 4.78 is 26.6. The average molecular weight is 721 g/mol. The number of hydrogen-bond acceptors (Lipinski definition) is 7. The third kappa shape index (κ3) is 6.67. The number of rotatable bonds is 11. The van der Waals surface area contributed by atoms with Crippen molar-refractivity contribution in [2.24, 2.45) is 38.7 Å². The molecular weight excluding hydrogens is 660 g/mol. The van der Waals surface area contributed by atoms with Gasteiger partial charge in [-0.05, 0) is 59.7 Å². The van der Waals surface area contributed by atoms with Crippen molar-refractivity contribution < 1.29 is 32.4 Å². The number of nitrogens with two attached hydrogens (primary N) is 1. The van der Waals surface area contributed by atoms with E-state index in [2.05, 4.69) is 29.8 Å². The zero-order chi connectivity index (χ0) is 37.2. The zero-order valence-corrected chi connectivity index (χ0v) is 32.1. The van der Waals surface area contributed by atoms with E-state index in [-0.39, 0.29) is 34.5 Å². The molecule has 5 fully saturated rings. The second-order valence-corrected chi connectivity index (χ2v) is 20.6. The number of nitrogens with zero attached hydrogens (tertiary/aromatic N) is 2. The van der Waals surface area contributed by atoms with E-state index >= 15 is 0 Å². The maximum atomic E-state index is 14.8. The summed E-state index contributed by atoms with van der Waals surface area (Å²) in [6, 6.07) is -4.12. The smallest absolute Gasteiger partial charge is 0.315 e. The lowest BCUT2D eigenvalue weighted by atomic mass is 9.73. The fourth-order valence-electron chi connectivity index (χ4n) is 9.58. The highest BCUT2D eigenvalue weighted by molar-refractivity contribution is 7.89. The molecule has 5 aliphatic rings. The molecule has 3 aliphatic carbocycles. The lowest BCUT2D eigenvalue weighted by molar-refractivity contribution is -0.143. The van der Waals surface area contributed by atoms with E-state index < -0.39 is 74.6 Å². The molecule has 2 spiro atoms. The third-order valence-electron chi connectivity index (χ3n) is 13.4. The summed E-state index contributed by atoms with van der Waals surface area (Å²) in [5, 5.41) is 8.73. The standard InChI is InChI=1S/C36H60N6O7S/c1-32(2,3)25(20-41-16-11-17-50(41,48)49)39-31(47)40-27(33(4,5)6)30(46)42-21-36(34(7,8)35(36)14-10-15-35)19-24(42)29(45)38-23(26(43)28(37)44)18-22-12-9-13-22/h22-25,27H,9-21H2,1-8H3,(H2,37,44)(H,38,45)(H2,39,40,47)/t23?,24-,25+,27+,36+/m0/s1. The first-order chi connectivity index (χ1) is 23.0. The van der Waals surface area contributed by atoms with Gasteiger partial charge in [-0.3, -0.25) is 19.2 Å². The second kappa shape index (κ2) is 13.0. The van der Waals surface area contributed by atoms with Crippen LogP contribution in [0, 0.1) is 33.0 Å². The van der Waals surface area contributed by atoms with Crippen LogP contribution in [0.4, 0.5) is 4.79 Å². The van der Waals surface area contributed by atoms with Gasteiger partial charge in [0, 0.05) is 31.1 Å². The summed E-state index contributed by atoms with van der Waals surface area (Å²) in [7, 11) is -3.39. The number of sulfonamides is 1. The van der Waals surface area contributed by atoms with Crippen molar-refractivity contribution in [1.82, 2.24) is 25.2 Å². The Balaban J connectivity index is 1.39. The Labute approximate surface area is 298 Å². The fourth-order valence-corrected chi connectivity index (χ4v) is 11.1. The van der Waals surface area contributed by atoms with Crippen molar-refractivity contribution in [3.8, 4) is 0 Å². The van der Waals surface area contributed by atoms with Crippen molar-refractivity contribution in [3.05, 3.63) is 0 Å². The van der Waals surface area contributed by atoms with E-state index in [4.69, 9.17) is 5.73 Å². The fraction of sp³-hybridized carbons (Fsp3) is 0.861. The van der Waals surface area contributed by atoms with E-state index in [1.807, 2.05) is 41.5 Å². The molecular formula is C36H60N6O7S. The molecule has 0 aromatic rings. The van der Waals surface area contributed by atoms with Crippen LogP contribution in [0.15, 0.2) is 0 Å². The molecule has 0 radical (unpaired) electrons. The molecule has 13 nitrogen and oxygen atoms in total. The summed E-state index contributed by atoms with van der Waals surface area (Å²) in [5.74, 6) is -2.51. The first-order valence-corrected chi connectivity index (χ1v) is 20.1. The van der Waals surface area contributed by atoms with Crippen molar-refractivity contribution in [3.63, 3.8) is 0 Å². The largest absolute Gasteiger partial charge is 0.363 e. The molecule has 0 aromatic heterocycles. The molecule has 0 aromatic carbocycles. The molecule has 14 heteroatoms. The molecule has 5 rings (SSSR count). The van der Waals surface area contributed by atoms with Crippen LogP contribution in [0.3, 0.4) is 0 Å². The molecule has 5 N–H and O–H groups in total. The zero-order valence-electron chi connectivity index (χ0n) is 31.3. The molecule has 2 aliphatic heterocycles. The predicted octanol–water partition coefficient (Wildman–Crippen LogP) is 2.68. The topological polar surface area (TPSA) is 188 Å². The van der Waals surface area contributed by atoms with Gasteiger partial charge in [0.15, 0.2) is 0 Å². The monoisotopic (exact) mass is 720 g/mol. The Kier molecular flexibility index (Phi) is 10.0. The highest BCUT2D eigenvalue weighted by Gasteiger charge is 2.85. The molecule has 2 saturated heterocycles. The van der Waals surface area contributed by atoms with Gasteiger partial charge in [-0.1, -0.05) is 81.1 Å². The number of fused-ring (bicyclic) bond motifs is 1. The van der Waals surface area contributed by atoms with E-state index in [1.165, 1.54) is 4.31 Å². The summed E-state index contributed by atoms with van der Waals surface area (Å²) in [4.78, 5) is 69.2. The minimum atomic E-state index is -3.39. The summed E-state index contributed by atoms with van der Waals surface area (Å²) >= 11 is 0. The number of primary amides is 1. The number of carbonyl (C=O) groups is 5. The minimum absolute atomic E-state index is 0.0137. The number of hydrogen-bond donors (Lipinski definition) is 4. The van der Waals surface area contributed by atoms with E-state index in [0.29, 0.717) is 32.4 Å². The third-order valence-corrected chi connectivity index (χ3v) is 15.3. The molecule has 3 saturated carbocycles. The highest BCUT2D eigenvalue weighted by Crippen LogP contribution is 2.88. The minimum Gasteiger partial charge on any atom is -0.363 e. The van der Waals surface area contributed by atoms with Crippen LogP contribution in [0.2, 0.25) is 0 Å². The Morgan fingerprint density at radius 1 is 0.880 bits per heavy atom. The van der Waals surface area contributed by atoms with Crippen molar-refractivity contribution in [2.45, 2.75) is 137 Å². The van der Waals surface area contributed by atoms with Crippen LogP contribution in [-0.2, 0) is 29.2 Å². The lowest BCUT2D eigenvalue weighted by Crippen LogP contribution is -2.62. The summed E-state index contributed by atoms with van der Waals surface area (Å²) in [6.45, 7) is 16.6. The number of amides is 5. The Bertz CT molecular complexity index is 1510. The van der Waals surface area contributed by atoms with Gasteiger partial charge < -0.3 is 26.6 Å². The first-order valence-electron chi connectivity index (χ1n) is 18.5. The number of carbonyl (C=O) groups excluding carboxylic acids is 5. The lowest BCUT2D eigenvalue weighted by Gasteiger charge is -2.38. The maximum Gasteiger partial charge on any atom is 0.315 e. The summed E-state index contributed by atoms with van der Waals surface area (Å²) in [5.41, 5.74) is 3.75. The van der Waals surface area contributed by atoms with E-state index in [1.54, 1.807) is 4.90 Å². The molecule has 5 atom stereocenters. The van der Waals surface area contributed by atoms with Gasteiger partial charge >= 0.3 is 6.03 Å². The average Bonchev–Trinajstić information content (AvgIpc) is 3.25. The highest BCUT2D eigenvalue weighted by atomic mass is 32.2. The summed E-state index contributed by atoms with van der Waals surface area (Å²) in [6.07, 6.45) is 7.28. The molecule has 282 valence electrons. The number of Topliss-reactive ketones (excluding diaryl/α,β-unsaturated/α-hetero) is 1. The van der Waals surface area contributed by atoms with Crippen LogP contribution >= 0.6 is 0 Å². The maximum absolute atomic E-state index is 14.8. The van der Waals surface area contributed by atoms with Gasteiger partial charge in [-0.2, -0.15) is 4.31 Å². The molecule has 0 bridgehead atoms. The van der Waals surface area contributed by atoms with Crippen LogP contribution in [0.1, 0.15) is 113 Å². The van der Waals surface area contributed by atoms with Gasteiger partial charge in [-0.25, -0.2) is 13.2 Å². The van der Waals surface area contributed by atoms with Crippen LogP contribution in [-0.4, -0.2) is 96.7 Å². The number of likely N-dealkylation sites (tertiary alicyclic amines) is 1. The molecule has 5 amide bonds. The Morgan fingerprint density at radius 3 is 1.96 bits per heavy atom. The second-order valence-electron chi connectivity index (χ2n) is 18.5. The van der Waals surface area contributed by atoms with Crippen LogP contribution in [0.25, 0.3) is 0 Å². The van der Waals surface area contributed by atoms with Crippen molar-refractivity contribution >= 4 is 39.6 Å². The van der Waals surface area contributed by atoms with E-state index in [0.717, 1.165) is 38.5 Å². The molecule has 50 heavy (non-hydrogen) atoms.